The average molecular weight is 603 g/mol. The summed E-state index contributed by atoms with van der Waals surface area (Å²) in [7, 11) is 3.83. The predicted molar refractivity (Wildman–Crippen MR) is 156 cm³/mol. The number of hydrazone groups is 1. The first kappa shape index (κ1) is 32.5. The zero-order valence-corrected chi connectivity index (χ0v) is 23.9. The first-order valence-corrected chi connectivity index (χ1v) is 13.1. The fourth-order valence-electron chi connectivity index (χ4n) is 3.52. The molecule has 3 aromatic carbocycles. The Bertz CT molecular complexity index is 1400. The van der Waals surface area contributed by atoms with Crippen LogP contribution in [0.15, 0.2) is 77.9 Å². The topological polar surface area (TPSA) is 131 Å². The predicted octanol–water partition coefficient (Wildman–Crippen LogP) is 3.76. The third-order valence-electron chi connectivity index (χ3n) is 5.56. The van der Waals surface area contributed by atoms with E-state index in [0.29, 0.717) is 42.6 Å². The molecular weight excluding hydrogens is 569 g/mol. The van der Waals surface area contributed by atoms with Crippen molar-refractivity contribution >= 4 is 29.1 Å². The molecule has 0 spiro atoms. The SMILES string of the molecule is CCOc1cc(N(CC(=O)NNc2ccccc2)/N=C(\N)c2ccccc2OC(=O)C(F)(F)F)ccc1OCCN(C)C. The fraction of sp³-hybridized carbons (Fsp3) is 0.276. The molecular formula is C29H33F3N6O5. The van der Waals surface area contributed by atoms with E-state index in [1.54, 1.807) is 49.4 Å². The zero-order valence-electron chi connectivity index (χ0n) is 23.9. The van der Waals surface area contributed by atoms with Crippen LogP contribution in [0, 0.1) is 0 Å². The van der Waals surface area contributed by atoms with Gasteiger partial charge in [-0.05, 0) is 57.4 Å². The normalized spacial score (nSPS) is 11.6. The number of amides is 1. The number of hydrogen-bond donors (Lipinski definition) is 3. The Labute approximate surface area is 247 Å². The Kier molecular flexibility index (Phi) is 11.6. The van der Waals surface area contributed by atoms with E-state index in [4.69, 9.17) is 15.2 Å². The van der Waals surface area contributed by atoms with Crippen LogP contribution in [0.2, 0.25) is 0 Å². The van der Waals surface area contributed by atoms with E-state index < -0.39 is 23.8 Å². The van der Waals surface area contributed by atoms with Crippen molar-refractivity contribution in [2.45, 2.75) is 13.1 Å². The van der Waals surface area contributed by atoms with Gasteiger partial charge in [0.2, 0.25) is 0 Å². The molecule has 1 amide bonds. The van der Waals surface area contributed by atoms with Crippen molar-refractivity contribution in [3.8, 4) is 17.2 Å². The van der Waals surface area contributed by atoms with Crippen molar-refractivity contribution in [1.29, 1.82) is 0 Å². The number of nitrogens with zero attached hydrogens (tertiary/aromatic N) is 3. The molecule has 3 rings (SSSR count). The summed E-state index contributed by atoms with van der Waals surface area (Å²) in [6, 6.07) is 19.1. The molecule has 4 N–H and O–H groups in total. The van der Waals surface area contributed by atoms with Crippen LogP contribution in [-0.2, 0) is 9.59 Å². The lowest BCUT2D eigenvalue weighted by molar-refractivity contribution is -0.189. The summed E-state index contributed by atoms with van der Waals surface area (Å²) in [6.45, 7) is 2.79. The Hall–Kier alpha value is -4.98. The number of para-hydroxylation sites is 2. The Balaban J connectivity index is 1.95. The number of alkyl halides is 3. The number of carbonyl (C=O) groups excluding carboxylic acids is 2. The van der Waals surface area contributed by atoms with Gasteiger partial charge in [0, 0.05) is 12.6 Å². The molecule has 0 aliphatic carbocycles. The second kappa shape index (κ2) is 15.3. The highest BCUT2D eigenvalue weighted by Gasteiger charge is 2.41. The van der Waals surface area contributed by atoms with Crippen molar-refractivity contribution in [1.82, 2.24) is 10.3 Å². The van der Waals surface area contributed by atoms with Crippen LogP contribution in [0.4, 0.5) is 24.5 Å². The molecule has 0 radical (unpaired) electrons. The number of esters is 1. The summed E-state index contributed by atoms with van der Waals surface area (Å²) in [6.07, 6.45) is -5.22. The van der Waals surface area contributed by atoms with Crippen molar-refractivity contribution in [3.63, 3.8) is 0 Å². The van der Waals surface area contributed by atoms with Crippen molar-refractivity contribution in [2.24, 2.45) is 10.8 Å². The van der Waals surface area contributed by atoms with Crippen LogP contribution in [-0.4, -0.2) is 69.2 Å². The zero-order chi connectivity index (χ0) is 31.4. The van der Waals surface area contributed by atoms with E-state index in [2.05, 4.69) is 20.7 Å². The summed E-state index contributed by atoms with van der Waals surface area (Å²) in [5.74, 6) is -2.88. The van der Waals surface area contributed by atoms with Crippen LogP contribution in [0.3, 0.4) is 0 Å². The maximum atomic E-state index is 12.9. The molecule has 43 heavy (non-hydrogen) atoms. The maximum absolute atomic E-state index is 12.9. The van der Waals surface area contributed by atoms with Gasteiger partial charge in [0.05, 0.1) is 23.5 Å². The third-order valence-corrected chi connectivity index (χ3v) is 5.56. The molecule has 0 bridgehead atoms. The second-order valence-electron chi connectivity index (χ2n) is 9.18. The molecule has 0 fully saturated rings. The molecule has 11 nitrogen and oxygen atoms in total. The molecule has 3 aromatic rings. The highest BCUT2D eigenvalue weighted by atomic mass is 19.4. The quantitative estimate of drug-likeness (QED) is 0.0830. The summed E-state index contributed by atoms with van der Waals surface area (Å²) in [5, 5.41) is 5.55. The summed E-state index contributed by atoms with van der Waals surface area (Å²) < 4.78 is 54.8. The molecule has 0 unspecified atom stereocenters. The molecule has 0 aliphatic rings. The fourth-order valence-corrected chi connectivity index (χ4v) is 3.52. The second-order valence-corrected chi connectivity index (χ2v) is 9.18. The summed E-state index contributed by atoms with van der Waals surface area (Å²) in [4.78, 5) is 26.4. The number of anilines is 2. The number of halogens is 3. The number of ether oxygens (including phenoxy) is 3. The Morgan fingerprint density at radius 2 is 1.63 bits per heavy atom. The first-order chi connectivity index (χ1) is 20.5. The standard InChI is InChI=1S/C29H33F3N6O5/c1-4-41-25-18-21(14-15-24(25)42-17-16-37(2)3)38(19-26(39)35-34-20-10-6-5-7-11-20)36-27(33)22-12-8-9-13-23(22)43-28(40)29(30,31)32/h5-15,18,34H,4,16-17,19H2,1-3H3,(H2,33,36)(H,35,39). The number of benzene rings is 3. The minimum Gasteiger partial charge on any atom is -0.490 e. The maximum Gasteiger partial charge on any atom is 0.491 e. The highest BCUT2D eigenvalue weighted by molar-refractivity contribution is 6.01. The van der Waals surface area contributed by atoms with Gasteiger partial charge in [-0.1, -0.05) is 30.3 Å². The number of likely N-dealkylation sites (N-methyl/N-ethyl adjacent to an activating group) is 1. The molecule has 0 aliphatic heterocycles. The van der Waals surface area contributed by atoms with Gasteiger partial charge in [-0.3, -0.25) is 20.7 Å². The van der Waals surface area contributed by atoms with Gasteiger partial charge in [0.25, 0.3) is 5.91 Å². The van der Waals surface area contributed by atoms with Crippen molar-refractivity contribution in [2.75, 3.05) is 50.8 Å². The number of carbonyl (C=O) groups is 2. The van der Waals surface area contributed by atoms with Crippen LogP contribution in [0.1, 0.15) is 12.5 Å². The van der Waals surface area contributed by atoms with Crippen molar-refractivity contribution < 1.29 is 37.0 Å². The highest BCUT2D eigenvalue weighted by Crippen LogP contribution is 2.33. The Morgan fingerprint density at radius 1 is 0.930 bits per heavy atom. The van der Waals surface area contributed by atoms with Crippen LogP contribution < -0.4 is 35.8 Å². The minimum atomic E-state index is -5.22. The van der Waals surface area contributed by atoms with Gasteiger partial charge >= 0.3 is 12.1 Å². The summed E-state index contributed by atoms with van der Waals surface area (Å²) in [5.41, 5.74) is 12.4. The number of nitrogens with two attached hydrogens (primary N) is 1. The average Bonchev–Trinajstić information content (AvgIpc) is 2.96. The van der Waals surface area contributed by atoms with Gasteiger partial charge in [-0.15, -0.1) is 0 Å². The van der Waals surface area contributed by atoms with Crippen LogP contribution in [0.25, 0.3) is 0 Å². The van der Waals surface area contributed by atoms with E-state index in [0.717, 1.165) is 6.07 Å². The Morgan fingerprint density at radius 3 is 2.30 bits per heavy atom. The lowest BCUT2D eigenvalue weighted by Gasteiger charge is -2.22. The molecule has 0 atom stereocenters. The number of hydrogen-bond acceptors (Lipinski definition) is 9. The first-order valence-electron chi connectivity index (χ1n) is 13.1. The van der Waals surface area contributed by atoms with Gasteiger partial charge in [-0.2, -0.15) is 18.3 Å². The smallest absolute Gasteiger partial charge is 0.490 e. The van der Waals surface area contributed by atoms with E-state index in [-0.39, 0.29) is 17.9 Å². The third kappa shape index (κ3) is 10.1. The molecule has 230 valence electrons. The molecule has 0 saturated heterocycles. The summed E-state index contributed by atoms with van der Waals surface area (Å²) >= 11 is 0. The minimum absolute atomic E-state index is 0.0958. The van der Waals surface area contributed by atoms with Gasteiger partial charge in [0.1, 0.15) is 18.9 Å². The van der Waals surface area contributed by atoms with Crippen molar-refractivity contribution in [3.05, 3.63) is 78.4 Å². The largest absolute Gasteiger partial charge is 0.491 e. The van der Waals surface area contributed by atoms with Gasteiger partial charge in [0.15, 0.2) is 17.3 Å². The van der Waals surface area contributed by atoms with Crippen LogP contribution in [0.5, 0.6) is 17.2 Å². The molecule has 14 heteroatoms. The van der Waals surface area contributed by atoms with Gasteiger partial charge < -0.3 is 24.8 Å². The monoisotopic (exact) mass is 602 g/mol. The number of rotatable bonds is 14. The van der Waals surface area contributed by atoms with E-state index in [1.165, 1.54) is 23.2 Å². The molecule has 0 saturated carbocycles. The number of hydrazine groups is 1. The lowest BCUT2D eigenvalue weighted by atomic mass is 10.2. The molecule has 0 heterocycles. The van der Waals surface area contributed by atoms with E-state index in [9.17, 15) is 22.8 Å². The number of nitrogens with one attached hydrogen (secondary N) is 2. The van der Waals surface area contributed by atoms with Gasteiger partial charge in [-0.25, -0.2) is 4.79 Å². The van der Waals surface area contributed by atoms with E-state index in [1.807, 2.05) is 25.1 Å². The van der Waals surface area contributed by atoms with Crippen LogP contribution >= 0.6 is 0 Å². The number of amidine groups is 1. The van der Waals surface area contributed by atoms with E-state index >= 15 is 0 Å². The molecule has 0 aromatic heterocycles. The lowest BCUT2D eigenvalue weighted by Crippen LogP contribution is -2.39.